The zero-order valence-electron chi connectivity index (χ0n) is 7.55. The van der Waals surface area contributed by atoms with E-state index in [1.807, 2.05) is 0 Å². The number of likely N-dealkylation sites (tertiary alicyclic amines) is 1. The highest BCUT2D eigenvalue weighted by Gasteiger charge is 2.44. The van der Waals surface area contributed by atoms with Gasteiger partial charge in [0.25, 0.3) is 0 Å². The lowest BCUT2D eigenvalue weighted by molar-refractivity contribution is -0.138. The van der Waals surface area contributed by atoms with Gasteiger partial charge in [-0.3, -0.25) is 14.5 Å². The lowest BCUT2D eigenvalue weighted by Gasteiger charge is -2.12. The fourth-order valence-corrected chi connectivity index (χ4v) is 2.04. The van der Waals surface area contributed by atoms with Gasteiger partial charge in [0.05, 0.1) is 5.25 Å². The van der Waals surface area contributed by atoms with Crippen molar-refractivity contribution in [3.8, 4) is 0 Å². The van der Waals surface area contributed by atoms with Crippen molar-refractivity contribution in [2.45, 2.75) is 18.1 Å². The summed E-state index contributed by atoms with van der Waals surface area (Å²) in [7, 11) is 0. The topological polar surface area (TPSA) is 54.5 Å². The van der Waals surface area contributed by atoms with Crippen molar-refractivity contribution in [2.24, 2.45) is 11.8 Å². The first-order chi connectivity index (χ1) is 6.63. The van der Waals surface area contributed by atoms with Crippen molar-refractivity contribution >= 4 is 30.7 Å². The number of imide groups is 1. The highest BCUT2D eigenvalue weighted by molar-refractivity contribution is 7.81. The molecule has 4 nitrogen and oxygen atoms in total. The summed E-state index contributed by atoms with van der Waals surface area (Å²) < 4.78 is 0. The molecular weight excluding hydrogens is 202 g/mol. The van der Waals surface area contributed by atoms with Gasteiger partial charge in [0.1, 0.15) is 6.29 Å². The molecule has 3 unspecified atom stereocenters. The van der Waals surface area contributed by atoms with E-state index in [0.29, 0.717) is 6.54 Å². The fourth-order valence-electron chi connectivity index (χ4n) is 1.74. The van der Waals surface area contributed by atoms with Gasteiger partial charge < -0.3 is 4.79 Å². The van der Waals surface area contributed by atoms with Gasteiger partial charge in [0.2, 0.25) is 11.8 Å². The Bertz CT molecular complexity index is 304. The molecule has 1 heterocycles. The van der Waals surface area contributed by atoms with Crippen LogP contribution in [0, 0.1) is 11.8 Å². The maximum Gasteiger partial charge on any atom is 0.242 e. The number of hydrogen-bond donors (Lipinski definition) is 1. The first kappa shape index (κ1) is 9.71. The van der Waals surface area contributed by atoms with Crippen molar-refractivity contribution in [1.29, 1.82) is 0 Å². The van der Waals surface area contributed by atoms with E-state index < -0.39 is 5.25 Å². The van der Waals surface area contributed by atoms with Crippen molar-refractivity contribution in [3.05, 3.63) is 0 Å². The molecule has 2 rings (SSSR count). The number of amides is 2. The van der Waals surface area contributed by atoms with Crippen LogP contribution in [0.2, 0.25) is 0 Å². The monoisotopic (exact) mass is 213 g/mol. The van der Waals surface area contributed by atoms with Crippen LogP contribution in [0.25, 0.3) is 0 Å². The zero-order chi connectivity index (χ0) is 10.3. The van der Waals surface area contributed by atoms with E-state index in [1.165, 1.54) is 4.90 Å². The first-order valence-corrected chi connectivity index (χ1v) is 5.12. The molecule has 0 aromatic rings. The molecular formula is C9H11NO3S. The summed E-state index contributed by atoms with van der Waals surface area (Å²) in [4.78, 5) is 34.4. The van der Waals surface area contributed by atoms with Crippen molar-refractivity contribution in [1.82, 2.24) is 4.90 Å². The number of carbonyl (C=O) groups excluding carboxylic acids is 3. The molecule has 0 N–H and O–H groups in total. The van der Waals surface area contributed by atoms with E-state index in [2.05, 4.69) is 12.6 Å². The van der Waals surface area contributed by atoms with E-state index in [4.69, 9.17) is 0 Å². The minimum atomic E-state index is -0.476. The predicted octanol–water partition coefficient (Wildman–Crippen LogP) is -0.121. The largest absolute Gasteiger partial charge is 0.303 e. The molecule has 1 aliphatic heterocycles. The zero-order valence-corrected chi connectivity index (χ0v) is 8.44. The summed E-state index contributed by atoms with van der Waals surface area (Å²) in [5.74, 6) is -0.130. The van der Waals surface area contributed by atoms with Gasteiger partial charge in [-0.15, -0.1) is 0 Å². The number of aldehydes is 1. The van der Waals surface area contributed by atoms with Crippen LogP contribution in [0.3, 0.4) is 0 Å². The van der Waals surface area contributed by atoms with Gasteiger partial charge in [0, 0.05) is 18.9 Å². The number of rotatable bonds is 3. The summed E-state index contributed by atoms with van der Waals surface area (Å²) in [5, 5.41) is -0.476. The molecule has 2 fully saturated rings. The van der Waals surface area contributed by atoms with Crippen LogP contribution in [0.15, 0.2) is 0 Å². The Morgan fingerprint density at radius 1 is 1.50 bits per heavy atom. The van der Waals surface area contributed by atoms with E-state index in [9.17, 15) is 14.4 Å². The lowest BCUT2D eigenvalue weighted by atomic mass is 10.3. The minimum Gasteiger partial charge on any atom is -0.303 e. The number of carbonyl (C=O) groups is 3. The third-order valence-electron chi connectivity index (χ3n) is 2.79. The van der Waals surface area contributed by atoms with Crippen LogP contribution in [0.4, 0.5) is 0 Å². The Labute approximate surface area is 87.0 Å². The molecule has 0 bridgehead atoms. The predicted molar refractivity (Wildman–Crippen MR) is 51.8 cm³/mol. The maximum absolute atomic E-state index is 11.4. The first-order valence-electron chi connectivity index (χ1n) is 4.61. The highest BCUT2D eigenvalue weighted by Crippen LogP contribution is 2.38. The molecule has 5 heteroatoms. The van der Waals surface area contributed by atoms with Crippen LogP contribution in [0.5, 0.6) is 0 Å². The van der Waals surface area contributed by atoms with Gasteiger partial charge in [0.15, 0.2) is 0 Å². The average molecular weight is 213 g/mol. The summed E-state index contributed by atoms with van der Waals surface area (Å²) in [5.41, 5.74) is 0. The lowest BCUT2D eigenvalue weighted by Crippen LogP contribution is -2.33. The molecule has 2 amide bonds. The Balaban J connectivity index is 1.95. The van der Waals surface area contributed by atoms with Crippen LogP contribution in [0.1, 0.15) is 12.8 Å². The molecule has 0 aromatic heterocycles. The van der Waals surface area contributed by atoms with Gasteiger partial charge in [-0.05, 0) is 12.3 Å². The summed E-state index contributed by atoms with van der Waals surface area (Å²) >= 11 is 4.01. The Kier molecular flexibility index (Phi) is 2.34. The SMILES string of the molecule is O=CC1CC1CN1C(=O)CC(S)C1=O. The summed E-state index contributed by atoms with van der Waals surface area (Å²) in [6.07, 6.45) is 1.89. The van der Waals surface area contributed by atoms with Crippen molar-refractivity contribution in [2.75, 3.05) is 6.54 Å². The van der Waals surface area contributed by atoms with Gasteiger partial charge in [-0.2, -0.15) is 12.6 Å². The van der Waals surface area contributed by atoms with E-state index in [-0.39, 0.29) is 30.1 Å². The molecule has 14 heavy (non-hydrogen) atoms. The van der Waals surface area contributed by atoms with Gasteiger partial charge in [-0.1, -0.05) is 0 Å². The normalized spacial score (nSPS) is 36.4. The van der Waals surface area contributed by atoms with Crippen LogP contribution >= 0.6 is 12.6 Å². The minimum absolute atomic E-state index is 0.0505. The van der Waals surface area contributed by atoms with Crippen LogP contribution < -0.4 is 0 Å². The number of nitrogens with zero attached hydrogens (tertiary/aromatic N) is 1. The molecule has 0 radical (unpaired) electrons. The Morgan fingerprint density at radius 2 is 2.21 bits per heavy atom. The van der Waals surface area contributed by atoms with Crippen LogP contribution in [-0.2, 0) is 14.4 Å². The van der Waals surface area contributed by atoms with E-state index in [0.717, 1.165) is 12.7 Å². The van der Waals surface area contributed by atoms with Gasteiger partial charge in [-0.25, -0.2) is 0 Å². The second-order valence-corrected chi connectivity index (χ2v) is 4.48. The maximum atomic E-state index is 11.4. The molecule has 1 saturated heterocycles. The standard InChI is InChI=1S/C9H11NO3S/c11-4-6-1-5(6)3-10-8(12)2-7(14)9(10)13/h4-7,14H,1-3H2. The molecule has 0 spiro atoms. The quantitative estimate of drug-likeness (QED) is 0.404. The highest BCUT2D eigenvalue weighted by atomic mass is 32.1. The molecule has 3 atom stereocenters. The summed E-state index contributed by atoms with van der Waals surface area (Å²) in [6.45, 7) is 0.401. The second-order valence-electron chi connectivity index (χ2n) is 3.86. The van der Waals surface area contributed by atoms with Crippen molar-refractivity contribution < 1.29 is 14.4 Å². The fraction of sp³-hybridized carbons (Fsp3) is 0.667. The van der Waals surface area contributed by atoms with Crippen LogP contribution in [-0.4, -0.2) is 34.8 Å². The third kappa shape index (κ3) is 1.56. The molecule has 1 saturated carbocycles. The smallest absolute Gasteiger partial charge is 0.242 e. The third-order valence-corrected chi connectivity index (χ3v) is 3.19. The summed E-state index contributed by atoms with van der Waals surface area (Å²) in [6, 6.07) is 0. The molecule has 0 aromatic carbocycles. The number of hydrogen-bond acceptors (Lipinski definition) is 4. The number of thiol groups is 1. The Morgan fingerprint density at radius 3 is 2.64 bits per heavy atom. The second kappa shape index (κ2) is 3.38. The molecule has 2 aliphatic rings. The molecule has 1 aliphatic carbocycles. The van der Waals surface area contributed by atoms with E-state index in [1.54, 1.807) is 0 Å². The average Bonchev–Trinajstić information content (AvgIpc) is 2.86. The molecule has 76 valence electrons. The Hall–Kier alpha value is -0.840. The van der Waals surface area contributed by atoms with Crippen molar-refractivity contribution in [3.63, 3.8) is 0 Å². The van der Waals surface area contributed by atoms with E-state index >= 15 is 0 Å². The van der Waals surface area contributed by atoms with Gasteiger partial charge >= 0.3 is 0 Å².